The first-order valence-corrected chi connectivity index (χ1v) is 5.47. The number of fused-ring (bicyclic) bond motifs is 1. The van der Waals surface area contributed by atoms with Crippen LogP contribution < -0.4 is 5.73 Å². The number of aromatic hydroxyl groups is 1. The van der Waals surface area contributed by atoms with Gasteiger partial charge in [-0.15, -0.1) is 0 Å². The normalized spacial score (nSPS) is 14.1. The van der Waals surface area contributed by atoms with Crippen LogP contribution in [0.25, 0.3) is 0 Å². The highest BCUT2D eigenvalue weighted by Crippen LogP contribution is 2.35. The van der Waals surface area contributed by atoms with Crippen molar-refractivity contribution in [2.24, 2.45) is 5.73 Å². The van der Waals surface area contributed by atoms with E-state index in [9.17, 15) is 14.7 Å². The van der Waals surface area contributed by atoms with Crippen molar-refractivity contribution < 1.29 is 14.7 Å². The Bertz CT molecular complexity index is 481. The molecule has 0 radical (unpaired) electrons. The number of Topliss-reactive ketones (excluding diaryl/α,β-unsaturated/α-hetero) is 1. The molecule has 4 nitrogen and oxygen atoms in total. The van der Waals surface area contributed by atoms with Crippen molar-refractivity contribution in [3.05, 3.63) is 26.3 Å². The van der Waals surface area contributed by atoms with Crippen LogP contribution in [0.15, 0.2) is 6.07 Å². The van der Waals surface area contributed by atoms with Crippen molar-refractivity contribution in [2.45, 2.75) is 12.8 Å². The molecular weight excluding hydrogens is 309 g/mol. The molecule has 15 heavy (non-hydrogen) atoms. The van der Waals surface area contributed by atoms with E-state index in [-0.39, 0.29) is 17.1 Å². The number of ketones is 1. The second-order valence-corrected chi connectivity index (χ2v) is 4.48. The highest BCUT2D eigenvalue weighted by molar-refractivity contribution is 14.1. The van der Waals surface area contributed by atoms with Gasteiger partial charge in [0.25, 0.3) is 5.91 Å². The Labute approximate surface area is 99.6 Å². The number of benzene rings is 1. The van der Waals surface area contributed by atoms with E-state index in [1.54, 1.807) is 0 Å². The predicted molar refractivity (Wildman–Crippen MR) is 62.0 cm³/mol. The average molecular weight is 317 g/mol. The monoisotopic (exact) mass is 317 g/mol. The molecule has 0 saturated carbocycles. The second kappa shape index (κ2) is 3.48. The third-order valence-corrected chi connectivity index (χ3v) is 3.67. The van der Waals surface area contributed by atoms with Crippen molar-refractivity contribution in [3.63, 3.8) is 0 Å². The van der Waals surface area contributed by atoms with E-state index in [1.807, 2.05) is 22.6 Å². The van der Waals surface area contributed by atoms with Gasteiger partial charge in [-0.3, -0.25) is 9.59 Å². The third kappa shape index (κ3) is 1.50. The zero-order valence-electron chi connectivity index (χ0n) is 7.71. The van der Waals surface area contributed by atoms with Crippen molar-refractivity contribution in [2.75, 3.05) is 0 Å². The summed E-state index contributed by atoms with van der Waals surface area (Å²) in [6.07, 6.45) is 1.06. The highest BCUT2D eigenvalue weighted by Gasteiger charge is 2.26. The van der Waals surface area contributed by atoms with Crippen LogP contribution in [-0.2, 0) is 6.42 Å². The maximum atomic E-state index is 11.5. The van der Waals surface area contributed by atoms with E-state index >= 15 is 0 Å². The molecule has 5 heteroatoms. The number of halogens is 1. The Hall–Kier alpha value is -1.11. The van der Waals surface area contributed by atoms with Crippen molar-refractivity contribution >= 4 is 34.3 Å². The molecule has 0 bridgehead atoms. The largest absolute Gasteiger partial charge is 0.506 e. The maximum Gasteiger partial charge on any atom is 0.252 e. The molecule has 0 fully saturated rings. The van der Waals surface area contributed by atoms with Gasteiger partial charge in [-0.25, -0.2) is 0 Å². The van der Waals surface area contributed by atoms with E-state index in [2.05, 4.69) is 0 Å². The van der Waals surface area contributed by atoms with Gasteiger partial charge in [0.1, 0.15) is 5.75 Å². The molecule has 0 heterocycles. The highest BCUT2D eigenvalue weighted by atomic mass is 127. The van der Waals surface area contributed by atoms with E-state index in [1.165, 1.54) is 6.07 Å². The fourth-order valence-corrected chi connectivity index (χ4v) is 2.58. The summed E-state index contributed by atoms with van der Waals surface area (Å²) in [5, 5.41) is 9.70. The smallest absolute Gasteiger partial charge is 0.252 e. The van der Waals surface area contributed by atoms with Gasteiger partial charge >= 0.3 is 0 Å². The molecule has 0 unspecified atom stereocenters. The number of hydrogen-bond donors (Lipinski definition) is 2. The third-order valence-electron chi connectivity index (χ3n) is 2.51. The maximum absolute atomic E-state index is 11.5. The lowest BCUT2D eigenvalue weighted by molar-refractivity contribution is 0.0993. The van der Waals surface area contributed by atoms with Gasteiger partial charge < -0.3 is 10.8 Å². The first-order chi connectivity index (χ1) is 7.02. The molecule has 0 spiro atoms. The number of nitrogens with two attached hydrogens (primary N) is 1. The van der Waals surface area contributed by atoms with Crippen molar-refractivity contribution in [1.82, 2.24) is 0 Å². The topological polar surface area (TPSA) is 80.4 Å². The number of rotatable bonds is 1. The van der Waals surface area contributed by atoms with Gasteiger partial charge in [0.2, 0.25) is 0 Å². The number of carbonyl (C=O) groups is 2. The molecule has 1 aromatic carbocycles. The molecule has 1 aliphatic rings. The molecule has 0 saturated heterocycles. The van der Waals surface area contributed by atoms with Crippen molar-refractivity contribution in [3.8, 4) is 5.75 Å². The Kier molecular flexibility index (Phi) is 2.41. The van der Waals surface area contributed by atoms with Gasteiger partial charge in [0.05, 0.1) is 9.13 Å². The zero-order chi connectivity index (χ0) is 11.2. The van der Waals surface area contributed by atoms with Gasteiger partial charge in [-0.2, -0.15) is 0 Å². The van der Waals surface area contributed by atoms with E-state index < -0.39 is 5.91 Å². The summed E-state index contributed by atoms with van der Waals surface area (Å²) in [5.74, 6) is -0.824. The van der Waals surface area contributed by atoms with Crippen LogP contribution in [0.5, 0.6) is 5.75 Å². The lowest BCUT2D eigenvalue weighted by atomic mass is 10.0. The molecule has 1 amide bonds. The molecule has 3 N–H and O–H groups in total. The van der Waals surface area contributed by atoms with Gasteiger partial charge in [-0.1, -0.05) is 0 Å². The molecule has 1 aliphatic carbocycles. The summed E-state index contributed by atoms with van der Waals surface area (Å²) in [6.45, 7) is 0. The SMILES string of the molecule is NC(=O)c1cc2c(c(I)c1O)CCC2=O. The molecule has 0 aliphatic heterocycles. The lowest BCUT2D eigenvalue weighted by Crippen LogP contribution is -2.13. The number of hydrogen-bond acceptors (Lipinski definition) is 3. The second-order valence-electron chi connectivity index (χ2n) is 3.40. The molecule has 0 atom stereocenters. The minimum Gasteiger partial charge on any atom is -0.506 e. The van der Waals surface area contributed by atoms with Crippen LogP contribution in [0, 0.1) is 3.57 Å². The Morgan fingerprint density at radius 2 is 2.13 bits per heavy atom. The first kappa shape index (κ1) is 10.4. The minimum absolute atomic E-state index is 0.00501. The molecule has 2 rings (SSSR count). The fraction of sp³-hybridized carbons (Fsp3) is 0.200. The number of primary amides is 1. The summed E-state index contributed by atoms with van der Waals surface area (Å²) in [5.41, 5.74) is 6.47. The van der Waals surface area contributed by atoms with E-state index in [0.29, 0.717) is 22.0 Å². The Morgan fingerprint density at radius 3 is 2.73 bits per heavy atom. The fourth-order valence-electron chi connectivity index (χ4n) is 1.73. The lowest BCUT2D eigenvalue weighted by Gasteiger charge is -2.07. The standard InChI is InChI=1S/C10H8INO3/c11-8-4-1-2-7(13)5(4)3-6(9(8)14)10(12)15/h3,14H,1-2H2,(H2,12,15). The van der Waals surface area contributed by atoms with Gasteiger partial charge in [0, 0.05) is 12.0 Å². The molecule has 1 aromatic rings. The summed E-state index contributed by atoms with van der Waals surface area (Å²) < 4.78 is 0.560. The van der Waals surface area contributed by atoms with Gasteiger partial charge in [0.15, 0.2) is 5.78 Å². The predicted octanol–water partition coefficient (Wildman–Crippen LogP) is 1.22. The number of amides is 1. The van der Waals surface area contributed by atoms with E-state index in [0.717, 1.165) is 5.56 Å². The zero-order valence-corrected chi connectivity index (χ0v) is 9.87. The molecular formula is C10H8INO3. The van der Waals surface area contributed by atoms with Gasteiger partial charge in [-0.05, 0) is 40.6 Å². The summed E-state index contributed by atoms with van der Waals surface area (Å²) >= 11 is 1.93. The number of phenols is 1. The summed E-state index contributed by atoms with van der Waals surface area (Å²) in [6, 6.07) is 1.39. The Balaban J connectivity index is 2.74. The van der Waals surface area contributed by atoms with Crippen LogP contribution in [0.2, 0.25) is 0 Å². The first-order valence-electron chi connectivity index (χ1n) is 4.39. The van der Waals surface area contributed by atoms with Crippen LogP contribution in [-0.4, -0.2) is 16.8 Å². The quantitative estimate of drug-likeness (QED) is 0.765. The van der Waals surface area contributed by atoms with E-state index in [4.69, 9.17) is 5.73 Å². The van der Waals surface area contributed by atoms with Crippen LogP contribution in [0.3, 0.4) is 0 Å². The Morgan fingerprint density at radius 1 is 1.47 bits per heavy atom. The van der Waals surface area contributed by atoms with Crippen LogP contribution in [0.1, 0.15) is 32.7 Å². The minimum atomic E-state index is -0.715. The number of carbonyl (C=O) groups excluding carboxylic acids is 2. The molecule has 78 valence electrons. The van der Waals surface area contributed by atoms with Crippen LogP contribution >= 0.6 is 22.6 Å². The van der Waals surface area contributed by atoms with Crippen LogP contribution in [0.4, 0.5) is 0 Å². The summed E-state index contributed by atoms with van der Waals surface area (Å²) in [7, 11) is 0. The average Bonchev–Trinajstić information content (AvgIpc) is 2.53. The molecule has 0 aromatic heterocycles. The summed E-state index contributed by atoms with van der Waals surface area (Å²) in [4.78, 5) is 22.5. The van der Waals surface area contributed by atoms with Crippen molar-refractivity contribution in [1.29, 1.82) is 0 Å².